The number of benzene rings is 2. The van der Waals surface area contributed by atoms with Gasteiger partial charge in [-0.25, -0.2) is 0 Å². The Labute approximate surface area is 111 Å². The van der Waals surface area contributed by atoms with E-state index in [-0.39, 0.29) is 0 Å². The second kappa shape index (κ2) is 4.28. The van der Waals surface area contributed by atoms with Crippen molar-refractivity contribution in [3.05, 3.63) is 65.7 Å². The van der Waals surface area contributed by atoms with Gasteiger partial charge in [0.25, 0.3) is 0 Å². The maximum atomic E-state index is 11.6. The molecule has 3 nitrogen and oxygen atoms in total. The van der Waals surface area contributed by atoms with Crippen molar-refractivity contribution in [2.75, 3.05) is 5.73 Å². The predicted molar refractivity (Wildman–Crippen MR) is 74.7 cm³/mol. The van der Waals surface area contributed by atoms with Crippen LogP contribution in [0.25, 0.3) is 6.08 Å². The molecule has 0 bridgehead atoms. The third-order valence-electron chi connectivity index (χ3n) is 3.23. The van der Waals surface area contributed by atoms with Crippen LogP contribution < -0.4 is 10.5 Å². The van der Waals surface area contributed by atoms with Crippen molar-refractivity contribution in [2.45, 2.75) is 5.60 Å². The predicted octanol–water partition coefficient (Wildman–Crippen LogP) is 2.77. The Morgan fingerprint density at radius 2 is 1.79 bits per heavy atom. The highest BCUT2D eigenvalue weighted by Crippen LogP contribution is 2.36. The van der Waals surface area contributed by atoms with Gasteiger partial charge in [-0.2, -0.15) is 0 Å². The van der Waals surface area contributed by atoms with E-state index in [1.807, 2.05) is 30.3 Å². The summed E-state index contributed by atoms with van der Waals surface area (Å²) in [5.74, 6) is 0.614. The summed E-state index contributed by atoms with van der Waals surface area (Å²) in [6, 6.07) is 14.7. The Morgan fingerprint density at radius 3 is 2.53 bits per heavy atom. The zero-order valence-electron chi connectivity index (χ0n) is 10.2. The standard InChI is InChI=1S/C16H13NO2/c17-13-5-7-14(8-6-13)19-16(11-18)10-9-12-3-1-2-4-15(12)16/h1-11H,17H2. The molecule has 0 radical (unpaired) electrons. The van der Waals surface area contributed by atoms with E-state index >= 15 is 0 Å². The van der Waals surface area contributed by atoms with Crippen LogP contribution in [0.4, 0.5) is 5.69 Å². The summed E-state index contributed by atoms with van der Waals surface area (Å²) in [7, 11) is 0. The van der Waals surface area contributed by atoms with E-state index in [1.54, 1.807) is 30.3 Å². The molecule has 2 N–H and O–H groups in total. The third-order valence-corrected chi connectivity index (χ3v) is 3.23. The van der Waals surface area contributed by atoms with Gasteiger partial charge in [-0.15, -0.1) is 0 Å². The first-order valence-corrected chi connectivity index (χ1v) is 6.03. The number of anilines is 1. The minimum Gasteiger partial charge on any atom is -0.471 e. The van der Waals surface area contributed by atoms with Crippen LogP contribution in [0.2, 0.25) is 0 Å². The number of ether oxygens (including phenoxy) is 1. The van der Waals surface area contributed by atoms with E-state index in [9.17, 15) is 4.79 Å². The molecule has 1 unspecified atom stereocenters. The van der Waals surface area contributed by atoms with Crippen LogP contribution in [0.3, 0.4) is 0 Å². The zero-order chi connectivity index (χ0) is 13.3. The highest BCUT2D eigenvalue weighted by Gasteiger charge is 2.36. The van der Waals surface area contributed by atoms with E-state index in [0.29, 0.717) is 11.4 Å². The molecule has 0 spiro atoms. The summed E-state index contributed by atoms with van der Waals surface area (Å²) in [6.45, 7) is 0. The van der Waals surface area contributed by atoms with Crippen molar-refractivity contribution < 1.29 is 9.53 Å². The lowest BCUT2D eigenvalue weighted by atomic mass is 9.97. The molecule has 2 aromatic carbocycles. The van der Waals surface area contributed by atoms with Crippen molar-refractivity contribution in [2.24, 2.45) is 0 Å². The highest BCUT2D eigenvalue weighted by atomic mass is 16.5. The molecule has 19 heavy (non-hydrogen) atoms. The van der Waals surface area contributed by atoms with Crippen LogP contribution >= 0.6 is 0 Å². The summed E-state index contributed by atoms with van der Waals surface area (Å²) in [4.78, 5) is 11.6. The summed E-state index contributed by atoms with van der Waals surface area (Å²) in [5.41, 5.74) is 7.13. The number of hydrogen-bond acceptors (Lipinski definition) is 3. The minimum atomic E-state index is -1.04. The third kappa shape index (κ3) is 1.89. The van der Waals surface area contributed by atoms with E-state index < -0.39 is 5.60 Å². The molecule has 0 heterocycles. The van der Waals surface area contributed by atoms with Crippen LogP contribution in [0, 0.1) is 0 Å². The van der Waals surface area contributed by atoms with Gasteiger partial charge < -0.3 is 10.5 Å². The molecule has 0 amide bonds. The van der Waals surface area contributed by atoms with Gasteiger partial charge in [-0.1, -0.05) is 30.3 Å². The van der Waals surface area contributed by atoms with Gasteiger partial charge >= 0.3 is 0 Å². The number of carbonyl (C=O) groups excluding carboxylic acids is 1. The fourth-order valence-corrected chi connectivity index (χ4v) is 2.25. The first-order chi connectivity index (χ1) is 9.23. The fraction of sp³-hybridized carbons (Fsp3) is 0.0625. The molecular weight excluding hydrogens is 238 g/mol. The number of fused-ring (bicyclic) bond motifs is 1. The lowest BCUT2D eigenvalue weighted by molar-refractivity contribution is -0.118. The minimum absolute atomic E-state index is 0.614. The molecule has 0 fully saturated rings. The smallest absolute Gasteiger partial charge is 0.208 e. The Bertz CT molecular complexity index is 646. The number of aldehydes is 1. The molecule has 3 heteroatoms. The fourth-order valence-electron chi connectivity index (χ4n) is 2.25. The zero-order valence-corrected chi connectivity index (χ0v) is 10.2. The van der Waals surface area contributed by atoms with Gasteiger partial charge in [0, 0.05) is 11.3 Å². The van der Waals surface area contributed by atoms with E-state index in [2.05, 4.69) is 0 Å². The van der Waals surface area contributed by atoms with Crippen molar-refractivity contribution in [1.29, 1.82) is 0 Å². The summed E-state index contributed by atoms with van der Waals surface area (Å²) in [6.07, 6.45) is 4.51. The first kappa shape index (κ1) is 11.5. The van der Waals surface area contributed by atoms with Gasteiger partial charge in [0.05, 0.1) is 0 Å². The van der Waals surface area contributed by atoms with Gasteiger partial charge in [0.2, 0.25) is 5.60 Å². The average Bonchev–Trinajstić information content (AvgIpc) is 2.81. The lowest BCUT2D eigenvalue weighted by Gasteiger charge is -2.24. The molecule has 0 aliphatic heterocycles. The van der Waals surface area contributed by atoms with Crippen LogP contribution in [0.1, 0.15) is 11.1 Å². The monoisotopic (exact) mass is 251 g/mol. The second-order valence-electron chi connectivity index (χ2n) is 4.50. The second-order valence-corrected chi connectivity index (χ2v) is 4.50. The van der Waals surface area contributed by atoms with Crippen LogP contribution in [-0.2, 0) is 10.4 Å². The van der Waals surface area contributed by atoms with Gasteiger partial charge in [0.1, 0.15) is 5.75 Å². The average molecular weight is 251 g/mol. The van der Waals surface area contributed by atoms with E-state index in [0.717, 1.165) is 17.4 Å². The molecule has 1 aliphatic rings. The van der Waals surface area contributed by atoms with Crippen LogP contribution in [0.15, 0.2) is 54.6 Å². The molecule has 0 saturated carbocycles. The lowest BCUT2D eigenvalue weighted by Crippen LogP contribution is -2.31. The molecular formula is C16H13NO2. The topological polar surface area (TPSA) is 52.3 Å². The molecule has 0 saturated heterocycles. The van der Waals surface area contributed by atoms with E-state index in [1.165, 1.54) is 0 Å². The largest absolute Gasteiger partial charge is 0.471 e. The Balaban J connectivity index is 2.00. The number of rotatable bonds is 3. The highest BCUT2D eigenvalue weighted by molar-refractivity contribution is 5.80. The summed E-state index contributed by atoms with van der Waals surface area (Å²) < 4.78 is 5.88. The van der Waals surface area contributed by atoms with Crippen molar-refractivity contribution in [1.82, 2.24) is 0 Å². The molecule has 3 rings (SSSR count). The molecule has 1 atom stereocenters. The number of carbonyl (C=O) groups is 1. The van der Waals surface area contributed by atoms with Gasteiger partial charge in [0.15, 0.2) is 6.29 Å². The SMILES string of the molecule is Nc1ccc(OC2(C=O)C=Cc3ccccc32)cc1. The number of nitrogen functional groups attached to an aromatic ring is 1. The summed E-state index contributed by atoms with van der Waals surface area (Å²) >= 11 is 0. The maximum absolute atomic E-state index is 11.6. The number of nitrogens with two attached hydrogens (primary N) is 1. The molecule has 94 valence electrons. The van der Waals surface area contributed by atoms with Gasteiger partial charge in [-0.3, -0.25) is 4.79 Å². The molecule has 2 aromatic rings. The summed E-state index contributed by atoms with van der Waals surface area (Å²) in [5, 5.41) is 0. The van der Waals surface area contributed by atoms with Crippen molar-refractivity contribution in [3.8, 4) is 5.75 Å². The first-order valence-electron chi connectivity index (χ1n) is 6.03. The van der Waals surface area contributed by atoms with E-state index in [4.69, 9.17) is 10.5 Å². The van der Waals surface area contributed by atoms with Crippen molar-refractivity contribution >= 4 is 18.0 Å². The molecule has 1 aliphatic carbocycles. The Kier molecular flexibility index (Phi) is 2.60. The van der Waals surface area contributed by atoms with Gasteiger partial charge in [-0.05, 0) is 35.9 Å². The number of hydrogen-bond donors (Lipinski definition) is 1. The Morgan fingerprint density at radius 1 is 1.05 bits per heavy atom. The molecule has 0 aromatic heterocycles. The maximum Gasteiger partial charge on any atom is 0.208 e. The quantitative estimate of drug-likeness (QED) is 0.674. The van der Waals surface area contributed by atoms with Crippen LogP contribution in [-0.4, -0.2) is 6.29 Å². The van der Waals surface area contributed by atoms with Crippen LogP contribution in [0.5, 0.6) is 5.75 Å². The normalized spacial score (nSPS) is 20.0. The Hall–Kier alpha value is -2.55. The van der Waals surface area contributed by atoms with Crippen molar-refractivity contribution in [3.63, 3.8) is 0 Å².